The molecule has 4 amide bonds. The summed E-state index contributed by atoms with van der Waals surface area (Å²) in [6.07, 6.45) is -1.44. The fraction of sp³-hybridized carbons (Fsp3) is 0.577. The Hall–Kier alpha value is -3.63. The van der Waals surface area contributed by atoms with Crippen LogP contribution in [0.3, 0.4) is 0 Å². The second-order valence-corrected chi connectivity index (χ2v) is 10.7. The number of hydrogen-bond acceptors (Lipinski definition) is 7. The number of methoxy groups -OCH3 is 1. The second kappa shape index (κ2) is 12.6. The van der Waals surface area contributed by atoms with Gasteiger partial charge in [0, 0.05) is 5.54 Å². The molecule has 0 bridgehead atoms. The molecule has 0 aliphatic rings. The van der Waals surface area contributed by atoms with Crippen molar-refractivity contribution in [2.75, 3.05) is 13.7 Å². The fourth-order valence-corrected chi connectivity index (χ4v) is 3.66. The van der Waals surface area contributed by atoms with Crippen LogP contribution in [-0.2, 0) is 28.7 Å². The lowest BCUT2D eigenvalue weighted by Gasteiger charge is -2.43. The molecule has 0 fully saturated rings. The Bertz CT molecular complexity index is 1020. The van der Waals surface area contributed by atoms with Crippen LogP contribution in [0.5, 0.6) is 0 Å². The minimum atomic E-state index is -1.41. The van der Waals surface area contributed by atoms with E-state index in [4.69, 9.17) is 10.5 Å². The first kappa shape index (κ1) is 31.4. The molecule has 1 aromatic carbocycles. The van der Waals surface area contributed by atoms with Gasteiger partial charge in [0.05, 0.1) is 13.5 Å². The molecule has 0 aromatic heterocycles. The van der Waals surface area contributed by atoms with Gasteiger partial charge in [0.15, 0.2) is 0 Å². The van der Waals surface area contributed by atoms with E-state index in [0.29, 0.717) is 5.56 Å². The van der Waals surface area contributed by atoms with Crippen molar-refractivity contribution in [3.05, 3.63) is 34.9 Å². The van der Waals surface area contributed by atoms with Crippen LogP contribution in [0.25, 0.3) is 0 Å². The molecular formula is C26H40N4O7. The Balaban J connectivity index is 3.66. The number of primary amides is 1. The molecule has 206 valence electrons. The van der Waals surface area contributed by atoms with Gasteiger partial charge in [0.2, 0.25) is 17.7 Å². The minimum absolute atomic E-state index is 0.413. The number of aryl methyl sites for hydroxylation is 1. The smallest absolute Gasteiger partial charge is 0.408 e. The van der Waals surface area contributed by atoms with Crippen molar-refractivity contribution in [2.24, 2.45) is 5.73 Å². The number of amides is 4. The molecular weight excluding hydrogens is 480 g/mol. The number of esters is 1. The summed E-state index contributed by atoms with van der Waals surface area (Å²) >= 11 is 0. The predicted molar refractivity (Wildman–Crippen MR) is 137 cm³/mol. The lowest BCUT2D eigenvalue weighted by Crippen LogP contribution is -2.59. The predicted octanol–water partition coefficient (Wildman–Crippen LogP) is 2.03. The first-order chi connectivity index (χ1) is 16.9. The van der Waals surface area contributed by atoms with Gasteiger partial charge in [-0.1, -0.05) is 18.2 Å². The lowest BCUT2D eigenvalue weighted by atomic mass is 9.91. The molecule has 0 saturated heterocycles. The Labute approximate surface area is 218 Å². The first-order valence-electron chi connectivity index (χ1n) is 11.9. The monoisotopic (exact) mass is 520 g/mol. The van der Waals surface area contributed by atoms with E-state index in [2.05, 4.69) is 15.4 Å². The van der Waals surface area contributed by atoms with E-state index in [1.165, 1.54) is 12.0 Å². The summed E-state index contributed by atoms with van der Waals surface area (Å²) in [5, 5.41) is 4.96. The zero-order valence-corrected chi connectivity index (χ0v) is 23.2. The van der Waals surface area contributed by atoms with E-state index in [1.54, 1.807) is 53.7 Å². The van der Waals surface area contributed by atoms with Gasteiger partial charge >= 0.3 is 12.1 Å². The van der Waals surface area contributed by atoms with Crippen molar-refractivity contribution in [2.45, 2.75) is 85.0 Å². The average molecular weight is 521 g/mol. The van der Waals surface area contributed by atoms with E-state index in [0.717, 1.165) is 11.1 Å². The van der Waals surface area contributed by atoms with Gasteiger partial charge in [0.1, 0.15) is 24.2 Å². The minimum Gasteiger partial charge on any atom is -0.468 e. The molecule has 1 aromatic rings. The van der Waals surface area contributed by atoms with Crippen LogP contribution in [-0.4, -0.2) is 65.5 Å². The van der Waals surface area contributed by atoms with Crippen molar-refractivity contribution in [1.29, 1.82) is 0 Å². The number of carbonyl (C=O) groups excluding carboxylic acids is 5. The number of rotatable bonds is 9. The number of nitrogens with zero attached hydrogens (tertiary/aromatic N) is 1. The van der Waals surface area contributed by atoms with E-state index in [9.17, 15) is 24.0 Å². The SMILES string of the molecule is COC(=O)CNC(=O)C(c1cccc(C)c1C)N(C(=O)C(CC(N)=O)NC(=O)OC(C)(C)C)C(C)(C)C. The summed E-state index contributed by atoms with van der Waals surface area (Å²) in [5.74, 6) is -2.87. The summed E-state index contributed by atoms with van der Waals surface area (Å²) in [5.41, 5.74) is 5.71. The Morgan fingerprint density at radius 1 is 1.03 bits per heavy atom. The number of nitrogens with two attached hydrogens (primary N) is 1. The van der Waals surface area contributed by atoms with E-state index < -0.39 is 66.0 Å². The van der Waals surface area contributed by atoms with Crippen molar-refractivity contribution in [1.82, 2.24) is 15.5 Å². The average Bonchev–Trinajstić information content (AvgIpc) is 2.74. The van der Waals surface area contributed by atoms with Crippen LogP contribution in [0.2, 0.25) is 0 Å². The van der Waals surface area contributed by atoms with Crippen LogP contribution in [0.1, 0.15) is 70.7 Å². The maximum Gasteiger partial charge on any atom is 0.408 e. The van der Waals surface area contributed by atoms with Crippen LogP contribution >= 0.6 is 0 Å². The lowest BCUT2D eigenvalue weighted by molar-refractivity contribution is -0.150. The molecule has 11 heteroatoms. The molecule has 0 spiro atoms. The molecule has 1 rings (SSSR count). The normalized spacial score (nSPS) is 13.1. The van der Waals surface area contributed by atoms with Crippen molar-refractivity contribution in [3.63, 3.8) is 0 Å². The molecule has 0 heterocycles. The first-order valence-corrected chi connectivity index (χ1v) is 11.9. The molecule has 2 unspecified atom stereocenters. The Morgan fingerprint density at radius 2 is 1.62 bits per heavy atom. The quantitative estimate of drug-likeness (QED) is 0.420. The molecule has 0 saturated carbocycles. The van der Waals surface area contributed by atoms with E-state index in [1.807, 2.05) is 19.9 Å². The maximum atomic E-state index is 14.0. The van der Waals surface area contributed by atoms with E-state index in [-0.39, 0.29) is 0 Å². The van der Waals surface area contributed by atoms with Gasteiger partial charge in [-0.05, 0) is 72.1 Å². The number of ether oxygens (including phenoxy) is 2. The number of nitrogens with one attached hydrogen (secondary N) is 2. The van der Waals surface area contributed by atoms with Gasteiger partial charge in [-0.2, -0.15) is 0 Å². The largest absolute Gasteiger partial charge is 0.468 e. The molecule has 11 nitrogen and oxygen atoms in total. The third-order valence-corrected chi connectivity index (χ3v) is 5.44. The van der Waals surface area contributed by atoms with Gasteiger partial charge in [-0.3, -0.25) is 19.2 Å². The van der Waals surface area contributed by atoms with Gasteiger partial charge in [-0.15, -0.1) is 0 Å². The molecule has 37 heavy (non-hydrogen) atoms. The highest BCUT2D eigenvalue weighted by Crippen LogP contribution is 2.33. The Kier molecular flexibility index (Phi) is 10.7. The zero-order valence-electron chi connectivity index (χ0n) is 23.2. The van der Waals surface area contributed by atoms with Crippen molar-refractivity contribution < 1.29 is 33.4 Å². The summed E-state index contributed by atoms with van der Waals surface area (Å²) in [6, 6.07) is 2.70. The second-order valence-electron chi connectivity index (χ2n) is 10.7. The topological polar surface area (TPSA) is 157 Å². The van der Waals surface area contributed by atoms with Crippen molar-refractivity contribution >= 4 is 29.8 Å². The molecule has 0 aliphatic carbocycles. The fourth-order valence-electron chi connectivity index (χ4n) is 3.66. The van der Waals surface area contributed by atoms with Gasteiger partial charge in [0.25, 0.3) is 0 Å². The van der Waals surface area contributed by atoms with Crippen LogP contribution in [0.4, 0.5) is 4.79 Å². The highest BCUT2D eigenvalue weighted by molar-refractivity contribution is 5.95. The molecule has 2 atom stereocenters. The van der Waals surface area contributed by atoms with Gasteiger partial charge < -0.3 is 30.7 Å². The highest BCUT2D eigenvalue weighted by atomic mass is 16.6. The zero-order chi connectivity index (χ0) is 28.7. The maximum absolute atomic E-state index is 14.0. The molecule has 4 N–H and O–H groups in total. The van der Waals surface area contributed by atoms with Gasteiger partial charge in [-0.25, -0.2) is 4.79 Å². The highest BCUT2D eigenvalue weighted by Gasteiger charge is 2.43. The summed E-state index contributed by atoms with van der Waals surface area (Å²) < 4.78 is 9.89. The molecule has 0 aliphatic heterocycles. The number of alkyl carbamates (subject to hydrolysis) is 1. The van der Waals surface area contributed by atoms with E-state index >= 15 is 0 Å². The summed E-state index contributed by atoms with van der Waals surface area (Å²) in [6.45, 7) is 13.4. The third kappa shape index (κ3) is 9.40. The number of carbonyl (C=O) groups is 5. The van der Waals surface area contributed by atoms with Crippen molar-refractivity contribution in [3.8, 4) is 0 Å². The standard InChI is InChI=1S/C26H40N4O7/c1-15-11-10-12-17(16(15)2)21(22(33)28-14-20(32)36-9)30(25(3,4)5)23(34)18(13-19(27)31)29-24(35)37-26(6,7)8/h10-12,18,21H,13-14H2,1-9H3,(H2,27,31)(H,28,33)(H,29,35). The third-order valence-electron chi connectivity index (χ3n) is 5.44. The Morgan fingerprint density at radius 3 is 2.11 bits per heavy atom. The van der Waals surface area contributed by atoms with Crippen LogP contribution in [0.15, 0.2) is 18.2 Å². The summed E-state index contributed by atoms with van der Waals surface area (Å²) in [7, 11) is 1.19. The summed E-state index contributed by atoms with van der Waals surface area (Å²) in [4.78, 5) is 65.0. The molecule has 0 radical (unpaired) electrons. The number of benzene rings is 1. The van der Waals surface area contributed by atoms with Crippen LogP contribution in [0, 0.1) is 13.8 Å². The number of hydrogen-bond donors (Lipinski definition) is 3. The van der Waals surface area contributed by atoms with Crippen LogP contribution < -0.4 is 16.4 Å².